The lowest BCUT2D eigenvalue weighted by molar-refractivity contribution is -0.119. The highest BCUT2D eigenvalue weighted by Gasteiger charge is 2.28. The number of carboxylic acids is 1. The Bertz CT molecular complexity index is 717. The summed E-state index contributed by atoms with van der Waals surface area (Å²) in [5.74, 6) is -1.44. The van der Waals surface area contributed by atoms with E-state index < -0.39 is 22.0 Å². The van der Waals surface area contributed by atoms with Crippen LogP contribution in [0.1, 0.15) is 22.3 Å². The Morgan fingerprint density at radius 3 is 2.67 bits per heavy atom. The van der Waals surface area contributed by atoms with Crippen molar-refractivity contribution >= 4 is 37.8 Å². The Labute approximate surface area is 129 Å². The molecule has 2 rings (SSSR count). The maximum absolute atomic E-state index is 12.4. The Morgan fingerprint density at radius 2 is 2.14 bits per heavy atom. The van der Waals surface area contributed by atoms with E-state index in [1.807, 2.05) is 0 Å². The number of amides is 1. The maximum atomic E-state index is 12.4. The van der Waals surface area contributed by atoms with Crippen molar-refractivity contribution in [2.75, 3.05) is 6.54 Å². The van der Waals surface area contributed by atoms with Gasteiger partial charge in [-0.2, -0.15) is 0 Å². The number of benzene rings is 1. The summed E-state index contributed by atoms with van der Waals surface area (Å²) < 4.78 is 27.6. The number of carboxylic acid groups (broad SMARTS) is 1. The molecule has 1 heterocycles. The lowest BCUT2D eigenvalue weighted by Gasteiger charge is -2.14. The predicted molar refractivity (Wildman–Crippen MR) is 77.6 cm³/mol. The number of aromatic carboxylic acids is 1. The minimum absolute atomic E-state index is 0.0675. The zero-order valence-corrected chi connectivity index (χ0v) is 13.4. The fourth-order valence-corrected chi connectivity index (χ4v) is 4.15. The zero-order chi connectivity index (χ0) is 15.8. The molecule has 1 amide bonds. The minimum Gasteiger partial charge on any atom is -0.478 e. The molecule has 0 aromatic heterocycles. The summed E-state index contributed by atoms with van der Waals surface area (Å²) in [6.45, 7) is 1.79. The highest BCUT2D eigenvalue weighted by molar-refractivity contribution is 9.10. The normalized spacial score (nSPS) is 18.6. The number of sulfonamides is 1. The van der Waals surface area contributed by atoms with Gasteiger partial charge in [0.1, 0.15) is 0 Å². The number of nitrogens with one attached hydrogen (secondary N) is 2. The van der Waals surface area contributed by atoms with Crippen molar-refractivity contribution in [3.8, 4) is 0 Å². The van der Waals surface area contributed by atoms with Gasteiger partial charge >= 0.3 is 5.97 Å². The number of carbonyl (C=O) groups excluding carboxylic acids is 1. The van der Waals surface area contributed by atoms with E-state index in [1.54, 1.807) is 6.92 Å². The third kappa shape index (κ3) is 3.42. The van der Waals surface area contributed by atoms with Crippen molar-refractivity contribution in [3.63, 3.8) is 0 Å². The topological polar surface area (TPSA) is 113 Å². The molecule has 0 radical (unpaired) electrons. The van der Waals surface area contributed by atoms with Gasteiger partial charge in [-0.25, -0.2) is 17.9 Å². The van der Waals surface area contributed by atoms with E-state index in [1.165, 1.54) is 6.07 Å². The van der Waals surface area contributed by atoms with Crippen molar-refractivity contribution < 1.29 is 23.1 Å². The first-order valence-corrected chi connectivity index (χ1v) is 8.31. The van der Waals surface area contributed by atoms with Crippen LogP contribution in [-0.2, 0) is 14.8 Å². The molecule has 3 N–H and O–H groups in total. The van der Waals surface area contributed by atoms with Gasteiger partial charge in [-0.3, -0.25) is 4.79 Å². The molecule has 1 saturated heterocycles. The SMILES string of the molecule is Cc1c(Br)cc(C(=O)O)cc1S(=O)(=O)NC1CNC(=O)C1. The molecular weight excluding hydrogens is 364 g/mol. The van der Waals surface area contributed by atoms with Gasteiger partial charge in [0.05, 0.1) is 10.5 Å². The largest absolute Gasteiger partial charge is 0.478 e. The molecule has 114 valence electrons. The zero-order valence-electron chi connectivity index (χ0n) is 11.0. The lowest BCUT2D eigenvalue weighted by atomic mass is 10.1. The molecule has 1 aromatic carbocycles. The number of hydrogen-bond acceptors (Lipinski definition) is 4. The van der Waals surface area contributed by atoms with Crippen LogP contribution < -0.4 is 10.0 Å². The highest BCUT2D eigenvalue weighted by atomic mass is 79.9. The van der Waals surface area contributed by atoms with Gasteiger partial charge in [0.15, 0.2) is 0 Å². The molecular formula is C12H13BrN2O5S. The monoisotopic (exact) mass is 376 g/mol. The van der Waals surface area contributed by atoms with Crippen LogP contribution in [0, 0.1) is 6.92 Å². The van der Waals surface area contributed by atoms with Crippen LogP contribution in [0.2, 0.25) is 0 Å². The van der Waals surface area contributed by atoms with Crippen molar-refractivity contribution in [2.24, 2.45) is 0 Å². The first-order chi connectivity index (χ1) is 9.70. The van der Waals surface area contributed by atoms with E-state index in [9.17, 15) is 18.0 Å². The van der Waals surface area contributed by atoms with Crippen molar-refractivity contribution in [2.45, 2.75) is 24.3 Å². The molecule has 1 unspecified atom stereocenters. The first kappa shape index (κ1) is 15.9. The standard InChI is InChI=1S/C12H13BrN2O5S/c1-6-9(13)2-7(12(17)18)3-10(6)21(19,20)15-8-4-11(16)14-5-8/h2-3,8,15H,4-5H2,1H3,(H,14,16)(H,17,18). The van der Waals surface area contributed by atoms with Crippen molar-refractivity contribution in [3.05, 3.63) is 27.7 Å². The van der Waals surface area contributed by atoms with Crippen molar-refractivity contribution in [1.82, 2.24) is 10.0 Å². The van der Waals surface area contributed by atoms with Gasteiger partial charge in [-0.05, 0) is 24.6 Å². The molecule has 1 aliphatic heterocycles. The summed E-state index contributed by atoms with van der Waals surface area (Å²) in [7, 11) is -3.91. The van der Waals surface area contributed by atoms with Crippen LogP contribution in [0.5, 0.6) is 0 Å². The fourth-order valence-electron chi connectivity index (χ4n) is 2.03. The molecule has 1 aliphatic rings. The van der Waals surface area contributed by atoms with Crippen molar-refractivity contribution in [1.29, 1.82) is 0 Å². The third-order valence-corrected chi connectivity index (χ3v) is 5.60. The fraction of sp³-hybridized carbons (Fsp3) is 0.333. The number of rotatable bonds is 4. The Balaban J connectivity index is 2.39. The molecule has 7 nitrogen and oxygen atoms in total. The summed E-state index contributed by atoms with van der Waals surface area (Å²) in [5.41, 5.74) is 0.276. The van der Waals surface area contributed by atoms with Gasteiger partial charge in [0.25, 0.3) is 0 Å². The van der Waals surface area contributed by atoms with E-state index in [4.69, 9.17) is 5.11 Å². The van der Waals surface area contributed by atoms with E-state index >= 15 is 0 Å². The van der Waals surface area contributed by atoms with Crippen LogP contribution >= 0.6 is 15.9 Å². The van der Waals surface area contributed by atoms with E-state index in [0.717, 1.165) is 6.07 Å². The molecule has 0 aliphatic carbocycles. The predicted octanol–water partition coefficient (Wildman–Crippen LogP) is 0.623. The molecule has 1 fully saturated rings. The quantitative estimate of drug-likeness (QED) is 0.712. The van der Waals surface area contributed by atoms with Gasteiger partial charge in [0.2, 0.25) is 15.9 Å². The Morgan fingerprint density at radius 1 is 1.48 bits per heavy atom. The maximum Gasteiger partial charge on any atom is 0.335 e. The van der Waals surface area contributed by atoms with E-state index in [-0.39, 0.29) is 29.3 Å². The molecule has 1 aromatic rings. The van der Waals surface area contributed by atoms with Crippen LogP contribution in [0.4, 0.5) is 0 Å². The van der Waals surface area contributed by atoms with Gasteiger partial charge in [-0.15, -0.1) is 0 Å². The van der Waals surface area contributed by atoms with E-state index in [0.29, 0.717) is 10.0 Å². The summed E-state index contributed by atoms with van der Waals surface area (Å²) in [4.78, 5) is 22.0. The molecule has 0 spiro atoms. The highest BCUT2D eigenvalue weighted by Crippen LogP contribution is 2.26. The summed E-state index contributed by atoms with van der Waals surface area (Å²) >= 11 is 3.16. The summed E-state index contributed by atoms with van der Waals surface area (Å²) in [5, 5.41) is 11.5. The average molecular weight is 377 g/mol. The number of carbonyl (C=O) groups is 2. The molecule has 0 saturated carbocycles. The van der Waals surface area contributed by atoms with Gasteiger partial charge < -0.3 is 10.4 Å². The second kappa shape index (κ2) is 5.74. The smallest absolute Gasteiger partial charge is 0.335 e. The average Bonchev–Trinajstić information content (AvgIpc) is 2.76. The molecule has 1 atom stereocenters. The minimum atomic E-state index is -3.91. The van der Waals surface area contributed by atoms with E-state index in [2.05, 4.69) is 26.0 Å². The molecule has 0 bridgehead atoms. The molecule has 21 heavy (non-hydrogen) atoms. The second-order valence-electron chi connectivity index (χ2n) is 4.71. The number of hydrogen-bond donors (Lipinski definition) is 3. The van der Waals surface area contributed by atoms with Crippen LogP contribution in [0.15, 0.2) is 21.5 Å². The van der Waals surface area contributed by atoms with Gasteiger partial charge in [0, 0.05) is 23.5 Å². The summed E-state index contributed by atoms with van der Waals surface area (Å²) in [6, 6.07) is 1.92. The van der Waals surface area contributed by atoms with Crippen LogP contribution in [-0.4, -0.2) is 38.0 Å². The van der Waals surface area contributed by atoms with Gasteiger partial charge in [-0.1, -0.05) is 15.9 Å². The summed E-state index contributed by atoms with van der Waals surface area (Å²) in [6.07, 6.45) is 0.0675. The molecule has 9 heteroatoms. The lowest BCUT2D eigenvalue weighted by Crippen LogP contribution is -2.36. The Kier molecular flexibility index (Phi) is 4.35. The van der Waals surface area contributed by atoms with Crippen LogP contribution in [0.3, 0.4) is 0 Å². The van der Waals surface area contributed by atoms with Crippen LogP contribution in [0.25, 0.3) is 0 Å². The third-order valence-electron chi connectivity index (χ3n) is 3.13. The number of halogens is 1. The Hall–Kier alpha value is -1.45. The second-order valence-corrected chi connectivity index (χ2v) is 7.25. The first-order valence-electron chi connectivity index (χ1n) is 6.03.